The Labute approximate surface area is 207 Å². The van der Waals surface area contributed by atoms with Crippen LogP contribution in [0, 0.1) is 0 Å². The average Bonchev–Trinajstić information content (AvgIpc) is 2.87. The van der Waals surface area contributed by atoms with Gasteiger partial charge in [0, 0.05) is 13.1 Å². The SMILES string of the molecule is CN1CCOc2ccc(-n3nc4ccc(OCC(F)F)nc4c(-c4ccc(OC(F)F)cc4)c3=O)cc21. The summed E-state index contributed by atoms with van der Waals surface area (Å²) in [7, 11) is 1.90. The number of ether oxygens (including phenoxy) is 3. The highest BCUT2D eigenvalue weighted by molar-refractivity contribution is 5.91. The third-order valence-electron chi connectivity index (χ3n) is 5.71. The van der Waals surface area contributed by atoms with E-state index in [0.29, 0.717) is 30.2 Å². The Morgan fingerprint density at radius 1 is 1.05 bits per heavy atom. The van der Waals surface area contributed by atoms with E-state index in [-0.39, 0.29) is 28.2 Å². The van der Waals surface area contributed by atoms with Gasteiger partial charge in [0.05, 0.1) is 23.5 Å². The molecule has 192 valence electrons. The van der Waals surface area contributed by atoms with Gasteiger partial charge in [0.25, 0.3) is 12.0 Å². The average molecular weight is 516 g/mol. The highest BCUT2D eigenvalue weighted by Crippen LogP contribution is 2.33. The molecule has 8 nitrogen and oxygen atoms in total. The zero-order valence-corrected chi connectivity index (χ0v) is 19.4. The second-order valence-corrected chi connectivity index (χ2v) is 8.14. The second kappa shape index (κ2) is 9.96. The molecule has 0 saturated heterocycles. The van der Waals surface area contributed by atoms with Crippen molar-refractivity contribution in [2.45, 2.75) is 13.0 Å². The predicted octanol–water partition coefficient (Wildman–Crippen LogP) is 4.52. The summed E-state index contributed by atoms with van der Waals surface area (Å²) in [5, 5.41) is 4.45. The molecule has 0 unspecified atom stereocenters. The first-order chi connectivity index (χ1) is 17.8. The van der Waals surface area contributed by atoms with E-state index < -0.39 is 25.2 Å². The number of aromatic nitrogens is 3. The van der Waals surface area contributed by atoms with Gasteiger partial charge in [-0.1, -0.05) is 12.1 Å². The number of pyridine rings is 1. The monoisotopic (exact) mass is 516 g/mol. The van der Waals surface area contributed by atoms with Gasteiger partial charge in [0.2, 0.25) is 5.88 Å². The zero-order chi connectivity index (χ0) is 26.1. The number of hydrogen-bond acceptors (Lipinski definition) is 7. The minimum Gasteiger partial charge on any atom is -0.490 e. The lowest BCUT2D eigenvalue weighted by Crippen LogP contribution is -2.29. The van der Waals surface area contributed by atoms with E-state index in [9.17, 15) is 22.4 Å². The smallest absolute Gasteiger partial charge is 0.387 e. The van der Waals surface area contributed by atoms with Crippen molar-refractivity contribution >= 4 is 16.7 Å². The molecule has 0 amide bonds. The minimum absolute atomic E-state index is 0.0819. The number of alkyl halides is 4. The maximum absolute atomic E-state index is 13.8. The summed E-state index contributed by atoms with van der Waals surface area (Å²) in [6.07, 6.45) is -2.71. The highest BCUT2D eigenvalue weighted by Gasteiger charge is 2.20. The third-order valence-corrected chi connectivity index (χ3v) is 5.71. The molecule has 2 aromatic carbocycles. The van der Waals surface area contributed by atoms with Gasteiger partial charge in [0.15, 0.2) is 6.61 Å². The van der Waals surface area contributed by atoms with Crippen molar-refractivity contribution in [3.05, 3.63) is 65.0 Å². The van der Waals surface area contributed by atoms with Crippen molar-refractivity contribution < 1.29 is 31.8 Å². The number of hydrogen-bond donors (Lipinski definition) is 0. The molecule has 0 atom stereocenters. The van der Waals surface area contributed by atoms with Crippen molar-refractivity contribution in [2.24, 2.45) is 0 Å². The lowest BCUT2D eigenvalue weighted by Gasteiger charge is -2.28. The van der Waals surface area contributed by atoms with Crippen molar-refractivity contribution in [2.75, 3.05) is 31.7 Å². The van der Waals surface area contributed by atoms with E-state index in [1.54, 1.807) is 18.2 Å². The molecule has 3 heterocycles. The Morgan fingerprint density at radius 2 is 1.84 bits per heavy atom. The molecular weight excluding hydrogens is 496 g/mol. The largest absolute Gasteiger partial charge is 0.490 e. The van der Waals surface area contributed by atoms with Crippen LogP contribution in [0.25, 0.3) is 27.8 Å². The van der Waals surface area contributed by atoms with Gasteiger partial charge < -0.3 is 19.1 Å². The molecule has 37 heavy (non-hydrogen) atoms. The molecule has 0 aliphatic carbocycles. The van der Waals surface area contributed by atoms with E-state index in [1.165, 1.54) is 41.1 Å². The summed E-state index contributed by atoms with van der Waals surface area (Å²) in [6.45, 7) is -2.68. The third kappa shape index (κ3) is 4.99. The molecule has 4 aromatic rings. The van der Waals surface area contributed by atoms with Gasteiger partial charge in [-0.05, 0) is 42.0 Å². The molecule has 0 fully saturated rings. The highest BCUT2D eigenvalue weighted by atomic mass is 19.3. The van der Waals surface area contributed by atoms with Gasteiger partial charge in [-0.2, -0.15) is 18.6 Å². The van der Waals surface area contributed by atoms with Crippen molar-refractivity contribution in [1.29, 1.82) is 0 Å². The summed E-state index contributed by atoms with van der Waals surface area (Å²) < 4.78 is 66.9. The maximum atomic E-state index is 13.8. The molecule has 0 N–H and O–H groups in total. The molecule has 5 rings (SSSR count). The van der Waals surface area contributed by atoms with Crippen LogP contribution in [-0.2, 0) is 0 Å². The molecule has 0 spiro atoms. The van der Waals surface area contributed by atoms with E-state index in [4.69, 9.17) is 9.47 Å². The summed E-state index contributed by atoms with van der Waals surface area (Å²) in [5.41, 5.74) is 1.49. The summed E-state index contributed by atoms with van der Waals surface area (Å²) >= 11 is 0. The van der Waals surface area contributed by atoms with Crippen molar-refractivity contribution in [3.63, 3.8) is 0 Å². The van der Waals surface area contributed by atoms with Gasteiger partial charge in [-0.25, -0.2) is 13.8 Å². The molecule has 1 aliphatic rings. The van der Waals surface area contributed by atoms with Crippen LogP contribution in [-0.4, -0.2) is 54.6 Å². The first-order valence-electron chi connectivity index (χ1n) is 11.2. The fourth-order valence-corrected chi connectivity index (χ4v) is 4.00. The van der Waals surface area contributed by atoms with Gasteiger partial charge in [-0.3, -0.25) is 4.79 Å². The van der Waals surface area contributed by atoms with Crippen LogP contribution in [0.5, 0.6) is 17.4 Å². The fourth-order valence-electron chi connectivity index (χ4n) is 4.00. The Balaban J connectivity index is 1.68. The summed E-state index contributed by atoms with van der Waals surface area (Å²) in [6, 6.07) is 13.5. The first kappa shape index (κ1) is 24.3. The van der Waals surface area contributed by atoms with Gasteiger partial charge in [-0.15, -0.1) is 0 Å². The molecule has 0 saturated carbocycles. The molecular formula is C25H20F4N4O4. The Hall–Kier alpha value is -4.35. The Kier molecular flexibility index (Phi) is 6.55. The van der Waals surface area contributed by atoms with Crippen LogP contribution in [0.15, 0.2) is 59.4 Å². The van der Waals surface area contributed by atoms with Crippen LogP contribution < -0.4 is 24.7 Å². The number of benzene rings is 2. The van der Waals surface area contributed by atoms with Gasteiger partial charge >= 0.3 is 6.61 Å². The number of nitrogens with zero attached hydrogens (tertiary/aromatic N) is 4. The van der Waals surface area contributed by atoms with E-state index in [2.05, 4.69) is 14.8 Å². The number of fused-ring (bicyclic) bond motifs is 2. The summed E-state index contributed by atoms with van der Waals surface area (Å²) in [4.78, 5) is 20.0. The number of rotatable bonds is 7. The standard InChI is InChI=1S/C25H20F4N4O4/c1-32-10-11-35-19-8-4-15(12-18(19)32)33-24(34)22(14-2-5-16(6-3-14)37-25(28)29)23-17(31-33)7-9-21(30-23)36-13-20(26)27/h2-9,12,20,25H,10-11,13H2,1H3. The van der Waals surface area contributed by atoms with E-state index in [1.807, 2.05) is 11.9 Å². The Bertz CT molecular complexity index is 1500. The van der Waals surface area contributed by atoms with Crippen molar-refractivity contribution in [1.82, 2.24) is 14.8 Å². The molecule has 2 aromatic heterocycles. The van der Waals surface area contributed by atoms with Crippen LogP contribution in [0.1, 0.15) is 0 Å². The number of anilines is 1. The van der Waals surface area contributed by atoms with E-state index in [0.717, 1.165) is 5.69 Å². The van der Waals surface area contributed by atoms with Crippen LogP contribution in [0.3, 0.4) is 0 Å². The second-order valence-electron chi connectivity index (χ2n) is 8.14. The first-order valence-corrected chi connectivity index (χ1v) is 11.2. The van der Waals surface area contributed by atoms with Crippen LogP contribution in [0.2, 0.25) is 0 Å². The minimum atomic E-state index is -3.01. The summed E-state index contributed by atoms with van der Waals surface area (Å²) in [5.74, 6) is 0.464. The molecule has 12 heteroatoms. The molecule has 1 aliphatic heterocycles. The normalized spacial score (nSPS) is 13.1. The lowest BCUT2D eigenvalue weighted by atomic mass is 10.1. The van der Waals surface area contributed by atoms with Crippen LogP contribution >= 0.6 is 0 Å². The topological polar surface area (TPSA) is 78.7 Å². The number of halogens is 4. The van der Waals surface area contributed by atoms with E-state index >= 15 is 0 Å². The number of likely N-dealkylation sites (N-methyl/N-ethyl adjacent to an activating group) is 1. The maximum Gasteiger partial charge on any atom is 0.387 e. The lowest BCUT2D eigenvalue weighted by molar-refractivity contribution is -0.0498. The Morgan fingerprint density at radius 3 is 2.57 bits per heavy atom. The predicted molar refractivity (Wildman–Crippen MR) is 127 cm³/mol. The molecule has 0 bridgehead atoms. The van der Waals surface area contributed by atoms with Gasteiger partial charge in [0.1, 0.15) is 29.1 Å². The zero-order valence-electron chi connectivity index (χ0n) is 19.4. The van der Waals surface area contributed by atoms with Crippen molar-refractivity contribution in [3.8, 4) is 34.2 Å². The quantitative estimate of drug-likeness (QED) is 0.334. The van der Waals surface area contributed by atoms with Crippen LogP contribution in [0.4, 0.5) is 23.2 Å². The molecule has 0 radical (unpaired) electrons. The fraction of sp³-hybridized carbons (Fsp3) is 0.240.